The van der Waals surface area contributed by atoms with Crippen LogP contribution < -0.4 is 4.74 Å². The zero-order valence-corrected chi connectivity index (χ0v) is 17.4. The molecule has 1 aromatic carbocycles. The topological polar surface area (TPSA) is 67.7 Å². The maximum absolute atomic E-state index is 9.29. The zero-order chi connectivity index (χ0) is 19.6. The summed E-state index contributed by atoms with van der Waals surface area (Å²) >= 11 is 1.67. The molecule has 2 aliphatic rings. The van der Waals surface area contributed by atoms with Crippen molar-refractivity contribution in [2.75, 3.05) is 32.9 Å². The number of hydrogen-bond donors (Lipinski definition) is 1. The van der Waals surface area contributed by atoms with Gasteiger partial charge in [-0.1, -0.05) is 6.07 Å². The molecule has 29 heavy (non-hydrogen) atoms. The van der Waals surface area contributed by atoms with Crippen molar-refractivity contribution in [3.05, 3.63) is 30.1 Å². The van der Waals surface area contributed by atoms with Gasteiger partial charge in [-0.15, -0.1) is 11.3 Å². The second-order valence-corrected chi connectivity index (χ2v) is 8.99. The molecule has 3 heterocycles. The highest BCUT2D eigenvalue weighted by Crippen LogP contribution is 2.38. The third-order valence-corrected chi connectivity index (χ3v) is 7.26. The highest BCUT2D eigenvalue weighted by Gasteiger charge is 2.28. The van der Waals surface area contributed by atoms with Crippen molar-refractivity contribution < 1.29 is 14.6 Å². The summed E-state index contributed by atoms with van der Waals surface area (Å²) in [5, 5.41) is 11.4. The maximum Gasteiger partial charge on any atom is 0.226 e. The van der Waals surface area contributed by atoms with Gasteiger partial charge in [-0.3, -0.25) is 4.90 Å². The minimum Gasteiger partial charge on any atom is -0.474 e. The first-order valence-electron chi connectivity index (χ1n) is 10.6. The fraction of sp³-hybridized carbons (Fsp3) is 0.545. The molecule has 1 saturated heterocycles. The first kappa shape index (κ1) is 19.2. The van der Waals surface area contributed by atoms with E-state index in [9.17, 15) is 5.11 Å². The average molecular weight is 414 g/mol. The number of benzene rings is 1. The van der Waals surface area contributed by atoms with E-state index in [1.807, 2.05) is 0 Å². The fourth-order valence-electron chi connectivity index (χ4n) is 4.63. The quantitative estimate of drug-likeness (QED) is 0.692. The van der Waals surface area contributed by atoms with Crippen LogP contribution in [0.3, 0.4) is 0 Å². The summed E-state index contributed by atoms with van der Waals surface area (Å²) in [4.78, 5) is 12.5. The van der Waals surface area contributed by atoms with Gasteiger partial charge < -0.3 is 14.6 Å². The van der Waals surface area contributed by atoms with E-state index in [4.69, 9.17) is 9.47 Å². The summed E-state index contributed by atoms with van der Waals surface area (Å²) in [6.45, 7) is 3.98. The summed E-state index contributed by atoms with van der Waals surface area (Å²) in [5.41, 5.74) is 1.13. The van der Waals surface area contributed by atoms with Gasteiger partial charge in [0.25, 0.3) is 0 Å². The Morgan fingerprint density at radius 2 is 1.97 bits per heavy atom. The Labute approximate surface area is 174 Å². The lowest BCUT2D eigenvalue weighted by Gasteiger charge is -2.38. The van der Waals surface area contributed by atoms with Crippen molar-refractivity contribution in [3.8, 4) is 5.88 Å². The lowest BCUT2D eigenvalue weighted by Crippen LogP contribution is -2.46. The molecular formula is C22H27N3O3S. The molecule has 1 aliphatic heterocycles. The van der Waals surface area contributed by atoms with Crippen LogP contribution in [0, 0.1) is 0 Å². The number of morpholine rings is 1. The summed E-state index contributed by atoms with van der Waals surface area (Å²) in [5.74, 6) is 0.706. The normalized spacial score (nSPS) is 23.6. The lowest BCUT2D eigenvalue weighted by atomic mass is 9.91. The second-order valence-electron chi connectivity index (χ2n) is 7.96. The standard InChI is InChI=1S/C22H27N3O3S/c26-10-7-15-1-6-19-18(13-15)20-21(23-14-24-22(20)29-19)28-17-4-2-16(3-5-17)25-8-11-27-12-9-25/h1,6,13-14,16-17,26H,2-5,7-12H2/t16-,17-. The first-order chi connectivity index (χ1) is 14.3. The van der Waals surface area contributed by atoms with Crippen molar-refractivity contribution in [1.29, 1.82) is 0 Å². The van der Waals surface area contributed by atoms with Gasteiger partial charge in [0.05, 0.1) is 18.6 Å². The molecule has 0 bridgehead atoms. The van der Waals surface area contributed by atoms with Gasteiger partial charge in [0.2, 0.25) is 5.88 Å². The maximum atomic E-state index is 9.29. The Kier molecular flexibility index (Phi) is 5.63. The van der Waals surface area contributed by atoms with E-state index in [1.165, 1.54) is 17.5 Å². The minimum atomic E-state index is 0.153. The van der Waals surface area contributed by atoms with E-state index in [-0.39, 0.29) is 12.7 Å². The van der Waals surface area contributed by atoms with Crippen LogP contribution in [0.15, 0.2) is 24.5 Å². The number of rotatable bonds is 5. The predicted molar refractivity (Wildman–Crippen MR) is 115 cm³/mol. The number of fused-ring (bicyclic) bond motifs is 3. The lowest BCUT2D eigenvalue weighted by molar-refractivity contribution is -0.00125. The molecule has 0 spiro atoms. The van der Waals surface area contributed by atoms with Crippen molar-refractivity contribution in [2.24, 2.45) is 0 Å². The zero-order valence-electron chi connectivity index (χ0n) is 16.5. The van der Waals surface area contributed by atoms with Gasteiger partial charge in [-0.05, 0) is 49.8 Å². The minimum absolute atomic E-state index is 0.153. The molecule has 0 radical (unpaired) electrons. The number of thiophene rings is 1. The molecule has 0 amide bonds. The van der Waals surface area contributed by atoms with Gasteiger partial charge in [0.1, 0.15) is 17.3 Å². The molecule has 1 aliphatic carbocycles. The van der Waals surface area contributed by atoms with E-state index in [2.05, 4.69) is 33.1 Å². The molecular weight excluding hydrogens is 386 g/mol. The number of hydrogen-bond acceptors (Lipinski definition) is 7. The van der Waals surface area contributed by atoms with E-state index in [0.29, 0.717) is 18.3 Å². The summed E-state index contributed by atoms with van der Waals surface area (Å²) in [6, 6.07) is 7.00. The van der Waals surface area contributed by atoms with Crippen molar-refractivity contribution >= 4 is 31.6 Å². The molecule has 5 rings (SSSR count). The third-order valence-electron chi connectivity index (χ3n) is 6.18. The summed E-state index contributed by atoms with van der Waals surface area (Å²) in [6.07, 6.45) is 6.94. The SMILES string of the molecule is OCCc1ccc2sc3ncnc(O[C@H]4CC[C@H](N5CCOCC5)CC4)c3c2c1. The summed E-state index contributed by atoms with van der Waals surface area (Å²) < 4.78 is 13.1. The molecule has 1 N–H and O–H groups in total. The van der Waals surface area contributed by atoms with Crippen LogP contribution in [0.2, 0.25) is 0 Å². The highest BCUT2D eigenvalue weighted by atomic mass is 32.1. The van der Waals surface area contributed by atoms with Gasteiger partial charge in [0, 0.05) is 35.8 Å². The first-order valence-corrected chi connectivity index (χ1v) is 11.4. The Bertz CT molecular complexity index is 978. The second kappa shape index (κ2) is 8.52. The van der Waals surface area contributed by atoms with Gasteiger partial charge >= 0.3 is 0 Å². The molecule has 154 valence electrons. The summed E-state index contributed by atoms with van der Waals surface area (Å²) in [7, 11) is 0. The van der Waals surface area contributed by atoms with Gasteiger partial charge in [-0.2, -0.15) is 0 Å². The van der Waals surface area contributed by atoms with Crippen LogP contribution >= 0.6 is 11.3 Å². The van der Waals surface area contributed by atoms with Crippen molar-refractivity contribution in [3.63, 3.8) is 0 Å². The fourth-order valence-corrected chi connectivity index (χ4v) is 5.64. The molecule has 3 aromatic rings. The third kappa shape index (κ3) is 3.97. The monoisotopic (exact) mass is 413 g/mol. The van der Waals surface area contributed by atoms with E-state index in [1.54, 1.807) is 17.7 Å². The largest absolute Gasteiger partial charge is 0.474 e. The van der Waals surface area contributed by atoms with Crippen LogP contribution in [0.1, 0.15) is 31.2 Å². The van der Waals surface area contributed by atoms with Crippen molar-refractivity contribution in [2.45, 2.75) is 44.2 Å². The molecule has 0 atom stereocenters. The van der Waals surface area contributed by atoms with Crippen LogP contribution in [-0.4, -0.2) is 65.0 Å². The number of aliphatic hydroxyl groups is 1. The molecule has 6 nitrogen and oxygen atoms in total. The predicted octanol–water partition coefficient (Wildman–Crippen LogP) is 3.40. The van der Waals surface area contributed by atoms with Crippen LogP contribution in [0.5, 0.6) is 5.88 Å². The molecule has 1 saturated carbocycles. The van der Waals surface area contributed by atoms with E-state index < -0.39 is 0 Å². The molecule has 2 aromatic heterocycles. The van der Waals surface area contributed by atoms with Crippen LogP contribution in [-0.2, 0) is 11.2 Å². The van der Waals surface area contributed by atoms with E-state index in [0.717, 1.165) is 60.3 Å². The van der Waals surface area contributed by atoms with E-state index >= 15 is 0 Å². The number of aromatic nitrogens is 2. The number of nitrogens with zero attached hydrogens (tertiary/aromatic N) is 3. The molecule has 0 unspecified atom stereocenters. The molecule has 7 heteroatoms. The Hall–Kier alpha value is -1.80. The highest BCUT2D eigenvalue weighted by molar-refractivity contribution is 7.25. The van der Waals surface area contributed by atoms with Gasteiger partial charge in [-0.25, -0.2) is 9.97 Å². The van der Waals surface area contributed by atoms with Gasteiger partial charge in [0.15, 0.2) is 0 Å². The van der Waals surface area contributed by atoms with Crippen LogP contribution in [0.4, 0.5) is 0 Å². The average Bonchev–Trinajstić information content (AvgIpc) is 3.14. The van der Waals surface area contributed by atoms with Crippen molar-refractivity contribution in [1.82, 2.24) is 14.9 Å². The Balaban J connectivity index is 1.35. The number of ether oxygens (including phenoxy) is 2. The Morgan fingerprint density at radius 3 is 2.76 bits per heavy atom. The molecule has 2 fully saturated rings. The smallest absolute Gasteiger partial charge is 0.226 e. The van der Waals surface area contributed by atoms with Crippen LogP contribution in [0.25, 0.3) is 20.3 Å². The number of aliphatic hydroxyl groups excluding tert-OH is 1. The Morgan fingerprint density at radius 1 is 1.14 bits per heavy atom.